The van der Waals surface area contributed by atoms with Gasteiger partial charge in [-0.05, 0) is 18.2 Å². The van der Waals surface area contributed by atoms with Crippen LogP contribution in [0.15, 0.2) is 24.3 Å². The van der Waals surface area contributed by atoms with Gasteiger partial charge in [-0.15, -0.1) is 0 Å². The predicted molar refractivity (Wildman–Crippen MR) is 48.7 cm³/mol. The Labute approximate surface area is 76.8 Å². The average Bonchev–Trinajstić information content (AvgIpc) is 2.19. The minimum atomic E-state index is 0.233. The molecule has 0 bridgehead atoms. The summed E-state index contributed by atoms with van der Waals surface area (Å²) in [6.45, 7) is 0. The summed E-state index contributed by atoms with van der Waals surface area (Å²) in [5.41, 5.74) is 1.35. The highest BCUT2D eigenvalue weighted by Gasteiger charge is 1.89. The highest BCUT2D eigenvalue weighted by Crippen LogP contribution is 2.01. The Balaban J connectivity index is 2.86. The van der Waals surface area contributed by atoms with Crippen LogP contribution in [0.25, 0.3) is 0 Å². The molecule has 0 unspecified atom stereocenters. The summed E-state index contributed by atoms with van der Waals surface area (Å²) in [4.78, 5) is 9.96. The van der Waals surface area contributed by atoms with E-state index in [1.54, 1.807) is 24.3 Å². The topological polar surface area (TPSA) is 40.9 Å². The van der Waals surface area contributed by atoms with E-state index in [4.69, 9.17) is 5.26 Å². The summed E-state index contributed by atoms with van der Waals surface area (Å²) in [5.74, 6) is 5.46. The Morgan fingerprint density at radius 1 is 1.38 bits per heavy atom. The number of hydrogen-bond donors (Lipinski definition) is 0. The van der Waals surface area contributed by atoms with Crippen molar-refractivity contribution < 1.29 is 4.79 Å². The van der Waals surface area contributed by atoms with Crippen molar-refractivity contribution in [3.63, 3.8) is 0 Å². The quantitative estimate of drug-likeness (QED) is 0.472. The smallest absolute Gasteiger partial charge is 0.131 e. The van der Waals surface area contributed by atoms with Crippen LogP contribution < -0.4 is 0 Å². The maximum atomic E-state index is 9.96. The van der Waals surface area contributed by atoms with E-state index >= 15 is 0 Å². The minimum absolute atomic E-state index is 0.233. The second kappa shape index (κ2) is 4.74. The SMILES string of the molecule is N#Cc1cccc(C#CCC=O)c1. The maximum absolute atomic E-state index is 9.96. The monoisotopic (exact) mass is 169 g/mol. The number of rotatable bonds is 1. The number of carbonyl (C=O) groups is 1. The number of aldehydes is 1. The third-order valence-corrected chi connectivity index (χ3v) is 1.41. The molecule has 0 N–H and O–H groups in total. The van der Waals surface area contributed by atoms with E-state index in [-0.39, 0.29) is 6.42 Å². The van der Waals surface area contributed by atoms with Gasteiger partial charge in [0.2, 0.25) is 0 Å². The molecular weight excluding hydrogens is 162 g/mol. The number of benzene rings is 1. The summed E-state index contributed by atoms with van der Waals surface area (Å²) in [5, 5.41) is 8.58. The van der Waals surface area contributed by atoms with Gasteiger partial charge in [0.25, 0.3) is 0 Å². The molecular formula is C11H7NO. The van der Waals surface area contributed by atoms with E-state index in [1.165, 1.54) is 0 Å². The summed E-state index contributed by atoms with van der Waals surface area (Å²) in [6.07, 6.45) is 0.984. The standard InChI is InChI=1S/C11H7NO/c12-9-11-6-3-5-10(8-11)4-1-2-7-13/h3,5-8H,2H2. The summed E-state index contributed by atoms with van der Waals surface area (Å²) < 4.78 is 0. The fourth-order valence-electron chi connectivity index (χ4n) is 0.861. The predicted octanol–water partition coefficient (Wildman–Crippen LogP) is 1.50. The van der Waals surface area contributed by atoms with Crippen molar-refractivity contribution >= 4 is 6.29 Å². The van der Waals surface area contributed by atoms with Crippen LogP contribution in [0.4, 0.5) is 0 Å². The van der Waals surface area contributed by atoms with E-state index in [2.05, 4.69) is 11.8 Å². The zero-order valence-electron chi connectivity index (χ0n) is 6.95. The summed E-state index contributed by atoms with van der Waals surface area (Å²) >= 11 is 0. The lowest BCUT2D eigenvalue weighted by atomic mass is 10.1. The third kappa shape index (κ3) is 2.81. The number of hydrogen-bond acceptors (Lipinski definition) is 2. The molecule has 0 aliphatic rings. The second-order valence-corrected chi connectivity index (χ2v) is 2.37. The molecule has 0 aliphatic heterocycles. The molecule has 0 saturated heterocycles. The highest BCUT2D eigenvalue weighted by molar-refractivity contribution is 5.55. The molecule has 0 aliphatic carbocycles. The van der Waals surface area contributed by atoms with Gasteiger partial charge >= 0.3 is 0 Å². The normalized spacial score (nSPS) is 7.92. The van der Waals surface area contributed by atoms with Gasteiger partial charge in [-0.25, -0.2) is 0 Å². The molecule has 1 rings (SSSR count). The fraction of sp³-hybridized carbons (Fsp3) is 0.0909. The lowest BCUT2D eigenvalue weighted by Crippen LogP contribution is -1.77. The lowest BCUT2D eigenvalue weighted by molar-refractivity contribution is -0.107. The van der Waals surface area contributed by atoms with E-state index < -0.39 is 0 Å². The van der Waals surface area contributed by atoms with Gasteiger partial charge in [0.05, 0.1) is 18.1 Å². The van der Waals surface area contributed by atoms with Crippen molar-refractivity contribution in [2.24, 2.45) is 0 Å². The van der Waals surface area contributed by atoms with Crippen molar-refractivity contribution in [2.75, 3.05) is 0 Å². The first-order valence-electron chi connectivity index (χ1n) is 3.79. The number of carbonyl (C=O) groups excluding carboxylic acids is 1. The molecule has 0 saturated carbocycles. The molecule has 62 valence electrons. The van der Waals surface area contributed by atoms with Crippen LogP contribution in [-0.4, -0.2) is 6.29 Å². The van der Waals surface area contributed by atoms with Gasteiger partial charge in [-0.2, -0.15) is 5.26 Å². The fourth-order valence-corrected chi connectivity index (χ4v) is 0.861. The Bertz CT molecular complexity index is 404. The molecule has 13 heavy (non-hydrogen) atoms. The number of nitrogens with zero attached hydrogens (tertiary/aromatic N) is 1. The average molecular weight is 169 g/mol. The van der Waals surface area contributed by atoms with Gasteiger partial charge in [0, 0.05) is 5.56 Å². The lowest BCUT2D eigenvalue weighted by Gasteiger charge is -1.89. The van der Waals surface area contributed by atoms with Crippen LogP contribution in [0.3, 0.4) is 0 Å². The number of nitriles is 1. The molecule has 0 spiro atoms. The molecule has 1 aromatic carbocycles. The molecule has 2 heteroatoms. The van der Waals surface area contributed by atoms with Crippen molar-refractivity contribution in [2.45, 2.75) is 6.42 Å². The Hall–Kier alpha value is -2.06. The Morgan fingerprint density at radius 2 is 2.15 bits per heavy atom. The first kappa shape index (κ1) is 9.03. The van der Waals surface area contributed by atoms with Crippen LogP contribution in [0.5, 0.6) is 0 Å². The molecule has 0 amide bonds. The molecule has 0 fully saturated rings. The zero-order chi connectivity index (χ0) is 9.52. The summed E-state index contributed by atoms with van der Waals surface area (Å²) in [6, 6.07) is 9.00. The van der Waals surface area contributed by atoms with Crippen LogP contribution >= 0.6 is 0 Å². The first-order chi connectivity index (χ1) is 6.36. The van der Waals surface area contributed by atoms with E-state index in [0.29, 0.717) is 5.56 Å². The highest BCUT2D eigenvalue weighted by atomic mass is 16.1. The van der Waals surface area contributed by atoms with Crippen molar-refractivity contribution in [3.05, 3.63) is 35.4 Å². The van der Waals surface area contributed by atoms with Crippen LogP contribution in [0.2, 0.25) is 0 Å². The third-order valence-electron chi connectivity index (χ3n) is 1.41. The Kier molecular flexibility index (Phi) is 3.30. The van der Waals surface area contributed by atoms with Crippen LogP contribution in [0.1, 0.15) is 17.5 Å². The minimum Gasteiger partial charge on any atom is -0.302 e. The molecule has 0 heterocycles. The summed E-state index contributed by atoms with van der Waals surface area (Å²) in [7, 11) is 0. The van der Waals surface area contributed by atoms with Crippen LogP contribution in [-0.2, 0) is 4.79 Å². The second-order valence-electron chi connectivity index (χ2n) is 2.37. The van der Waals surface area contributed by atoms with Crippen molar-refractivity contribution in [3.8, 4) is 17.9 Å². The van der Waals surface area contributed by atoms with E-state index in [1.807, 2.05) is 6.07 Å². The van der Waals surface area contributed by atoms with E-state index in [9.17, 15) is 4.79 Å². The molecule has 1 aromatic rings. The van der Waals surface area contributed by atoms with Gasteiger partial charge in [0.15, 0.2) is 0 Å². The first-order valence-corrected chi connectivity index (χ1v) is 3.79. The molecule has 0 radical (unpaired) electrons. The molecule has 2 nitrogen and oxygen atoms in total. The van der Waals surface area contributed by atoms with Gasteiger partial charge in [0.1, 0.15) is 6.29 Å². The van der Waals surface area contributed by atoms with Gasteiger partial charge in [-0.1, -0.05) is 17.9 Å². The molecule has 0 aromatic heterocycles. The van der Waals surface area contributed by atoms with E-state index in [0.717, 1.165) is 11.8 Å². The van der Waals surface area contributed by atoms with Crippen molar-refractivity contribution in [1.82, 2.24) is 0 Å². The largest absolute Gasteiger partial charge is 0.302 e. The van der Waals surface area contributed by atoms with Crippen molar-refractivity contribution in [1.29, 1.82) is 5.26 Å². The maximum Gasteiger partial charge on any atom is 0.131 e. The van der Waals surface area contributed by atoms with Gasteiger partial charge < -0.3 is 4.79 Å². The zero-order valence-corrected chi connectivity index (χ0v) is 6.95. The molecule has 0 atom stereocenters. The van der Waals surface area contributed by atoms with Crippen LogP contribution in [0, 0.1) is 23.2 Å². The van der Waals surface area contributed by atoms with Gasteiger partial charge in [-0.3, -0.25) is 0 Å². The Morgan fingerprint density at radius 3 is 2.85 bits per heavy atom.